The van der Waals surface area contributed by atoms with Crippen LogP contribution in [-0.2, 0) is 32.0 Å². The summed E-state index contributed by atoms with van der Waals surface area (Å²) in [5.41, 5.74) is 1.20. The summed E-state index contributed by atoms with van der Waals surface area (Å²) in [4.78, 5) is 32.5. The van der Waals surface area contributed by atoms with E-state index in [1.54, 1.807) is 23.2 Å². The van der Waals surface area contributed by atoms with Crippen LogP contribution < -0.4 is 0 Å². The van der Waals surface area contributed by atoms with Gasteiger partial charge in [0.25, 0.3) is 0 Å². The van der Waals surface area contributed by atoms with Crippen LogP contribution >= 0.6 is 11.3 Å². The molecule has 0 aliphatic carbocycles. The topological polar surface area (TPSA) is 81.9 Å². The van der Waals surface area contributed by atoms with Gasteiger partial charge in [0, 0.05) is 30.5 Å². The molecule has 1 amide bonds. The monoisotopic (exact) mass is 440 g/mol. The van der Waals surface area contributed by atoms with Crippen molar-refractivity contribution in [2.75, 3.05) is 20.3 Å². The second kappa shape index (κ2) is 9.03. The van der Waals surface area contributed by atoms with Gasteiger partial charge in [0.15, 0.2) is 5.54 Å². The van der Waals surface area contributed by atoms with Crippen molar-refractivity contribution >= 4 is 23.2 Å². The Balaban J connectivity index is 1.65. The molecule has 162 valence electrons. The van der Waals surface area contributed by atoms with Crippen molar-refractivity contribution in [1.29, 1.82) is 0 Å². The molecule has 1 saturated heterocycles. The molecule has 2 aromatic heterocycles. The fraction of sp³-hybridized carbons (Fsp3) is 0.348. The molecule has 7 nitrogen and oxygen atoms in total. The Morgan fingerprint density at radius 2 is 2.06 bits per heavy atom. The number of carbonyl (C=O) groups excluding carboxylic acids is 2. The molecule has 1 aliphatic heterocycles. The van der Waals surface area contributed by atoms with Crippen LogP contribution in [0.15, 0.2) is 51.6 Å². The van der Waals surface area contributed by atoms with Gasteiger partial charge < -0.3 is 18.8 Å². The molecular formula is C23H24N2O5S. The van der Waals surface area contributed by atoms with Crippen molar-refractivity contribution in [3.63, 3.8) is 0 Å². The molecule has 0 bridgehead atoms. The fourth-order valence-corrected chi connectivity index (χ4v) is 4.44. The zero-order valence-electron chi connectivity index (χ0n) is 17.5. The zero-order chi connectivity index (χ0) is 21.8. The van der Waals surface area contributed by atoms with Gasteiger partial charge in [0.1, 0.15) is 5.76 Å². The van der Waals surface area contributed by atoms with Gasteiger partial charge in [-0.1, -0.05) is 30.3 Å². The summed E-state index contributed by atoms with van der Waals surface area (Å²) in [6, 6.07) is 11.5. The summed E-state index contributed by atoms with van der Waals surface area (Å²) in [7, 11) is 1.34. The second-order valence-electron chi connectivity index (χ2n) is 7.50. The van der Waals surface area contributed by atoms with Crippen LogP contribution in [-0.4, -0.2) is 47.6 Å². The lowest BCUT2D eigenvalue weighted by Crippen LogP contribution is -2.58. The number of ether oxygens (including phenoxy) is 2. The number of rotatable bonds is 7. The number of nitrogens with zero attached hydrogens (tertiary/aromatic N) is 2. The predicted octanol–water partition coefficient (Wildman–Crippen LogP) is 3.61. The first-order valence-corrected chi connectivity index (χ1v) is 11.0. The van der Waals surface area contributed by atoms with Gasteiger partial charge in [0.05, 0.1) is 25.8 Å². The molecule has 0 saturated carbocycles. The predicted molar refractivity (Wildman–Crippen MR) is 115 cm³/mol. The third-order valence-electron chi connectivity index (χ3n) is 5.55. The lowest BCUT2D eigenvalue weighted by atomic mass is 9.94. The van der Waals surface area contributed by atoms with Crippen LogP contribution in [0.5, 0.6) is 0 Å². The summed E-state index contributed by atoms with van der Waals surface area (Å²) < 4.78 is 16.4. The van der Waals surface area contributed by atoms with E-state index in [2.05, 4.69) is 4.98 Å². The number of oxazole rings is 1. The Kier molecular flexibility index (Phi) is 6.20. The molecule has 1 fully saturated rings. The third kappa shape index (κ3) is 4.26. The number of esters is 1. The van der Waals surface area contributed by atoms with Gasteiger partial charge >= 0.3 is 5.97 Å². The quantitative estimate of drug-likeness (QED) is 0.522. The Hall–Kier alpha value is -2.97. The van der Waals surface area contributed by atoms with Gasteiger partial charge in [-0.3, -0.25) is 4.79 Å². The molecule has 3 aromatic rings. The highest BCUT2D eigenvalue weighted by Gasteiger charge is 2.50. The van der Waals surface area contributed by atoms with E-state index in [-0.39, 0.29) is 25.5 Å². The van der Waals surface area contributed by atoms with Crippen LogP contribution in [0.2, 0.25) is 0 Å². The van der Waals surface area contributed by atoms with Crippen LogP contribution in [0.3, 0.4) is 0 Å². The van der Waals surface area contributed by atoms with Crippen molar-refractivity contribution in [1.82, 2.24) is 9.88 Å². The van der Waals surface area contributed by atoms with Crippen molar-refractivity contribution < 1.29 is 23.5 Å². The minimum Gasteiger partial charge on any atom is -0.467 e. The Bertz CT molecular complexity index is 1040. The van der Waals surface area contributed by atoms with Crippen molar-refractivity contribution in [2.24, 2.45) is 0 Å². The van der Waals surface area contributed by atoms with Crippen LogP contribution in [0.1, 0.15) is 23.4 Å². The maximum absolute atomic E-state index is 13.6. The fourth-order valence-electron chi connectivity index (χ4n) is 3.81. The Labute approximate surface area is 184 Å². The van der Waals surface area contributed by atoms with Crippen molar-refractivity contribution in [2.45, 2.75) is 31.8 Å². The number of aromatic nitrogens is 1. The molecule has 0 N–H and O–H groups in total. The summed E-state index contributed by atoms with van der Waals surface area (Å²) in [6.07, 6.45) is 0.404. The van der Waals surface area contributed by atoms with E-state index >= 15 is 0 Å². The molecule has 1 aliphatic rings. The van der Waals surface area contributed by atoms with E-state index in [1.165, 1.54) is 7.11 Å². The number of methoxy groups -OCH3 is 1. The lowest BCUT2D eigenvalue weighted by Gasteiger charge is -2.37. The summed E-state index contributed by atoms with van der Waals surface area (Å²) in [5, 5.41) is 3.89. The minimum atomic E-state index is -1.16. The van der Waals surface area contributed by atoms with Gasteiger partial charge in [-0.05, 0) is 23.9 Å². The third-order valence-corrected chi connectivity index (χ3v) is 6.23. The maximum Gasteiger partial charge on any atom is 0.334 e. The van der Waals surface area contributed by atoms with Crippen LogP contribution in [0, 0.1) is 6.92 Å². The highest BCUT2D eigenvalue weighted by Crippen LogP contribution is 2.31. The SMILES string of the molecule is COC(=O)C1(N(Cc2ccccc2)C(=O)Cc2nc(-c3ccsc3)oc2C)CCOC1. The smallest absolute Gasteiger partial charge is 0.334 e. The molecule has 3 heterocycles. The van der Waals surface area contributed by atoms with Crippen LogP contribution in [0.25, 0.3) is 11.5 Å². The molecule has 4 rings (SSSR count). The highest BCUT2D eigenvalue weighted by atomic mass is 32.1. The first-order chi connectivity index (χ1) is 15.0. The minimum absolute atomic E-state index is 0.0189. The number of amides is 1. The first-order valence-electron chi connectivity index (χ1n) is 10.0. The van der Waals surface area contributed by atoms with Gasteiger partial charge in [-0.15, -0.1) is 0 Å². The number of hydrogen-bond donors (Lipinski definition) is 0. The van der Waals surface area contributed by atoms with E-state index < -0.39 is 11.5 Å². The molecule has 0 spiro atoms. The van der Waals surface area contributed by atoms with E-state index in [0.29, 0.717) is 30.4 Å². The Morgan fingerprint density at radius 3 is 2.71 bits per heavy atom. The van der Waals surface area contributed by atoms with Crippen molar-refractivity contribution in [3.05, 3.63) is 64.2 Å². The molecule has 0 radical (unpaired) electrons. The zero-order valence-corrected chi connectivity index (χ0v) is 18.3. The maximum atomic E-state index is 13.6. The summed E-state index contributed by atoms with van der Waals surface area (Å²) in [6.45, 7) is 2.56. The highest BCUT2D eigenvalue weighted by molar-refractivity contribution is 7.08. The van der Waals surface area contributed by atoms with Gasteiger partial charge in [0.2, 0.25) is 11.8 Å². The van der Waals surface area contributed by atoms with Gasteiger partial charge in [-0.25, -0.2) is 9.78 Å². The molecule has 1 aromatic carbocycles. The number of aryl methyl sites for hydroxylation is 1. The second-order valence-corrected chi connectivity index (χ2v) is 8.28. The summed E-state index contributed by atoms with van der Waals surface area (Å²) >= 11 is 1.55. The Morgan fingerprint density at radius 1 is 1.26 bits per heavy atom. The average molecular weight is 441 g/mol. The first kappa shape index (κ1) is 21.3. The molecule has 1 atom stereocenters. The number of carbonyl (C=O) groups is 2. The average Bonchev–Trinajstić information content (AvgIpc) is 3.54. The van der Waals surface area contributed by atoms with E-state index in [0.717, 1.165) is 11.1 Å². The number of hydrogen-bond acceptors (Lipinski definition) is 7. The van der Waals surface area contributed by atoms with Crippen molar-refractivity contribution in [3.8, 4) is 11.5 Å². The van der Waals surface area contributed by atoms with Crippen LogP contribution in [0.4, 0.5) is 0 Å². The largest absolute Gasteiger partial charge is 0.467 e. The normalized spacial score (nSPS) is 18.1. The number of benzene rings is 1. The number of thiophene rings is 1. The molecule has 31 heavy (non-hydrogen) atoms. The van der Waals surface area contributed by atoms with E-state index in [9.17, 15) is 9.59 Å². The summed E-state index contributed by atoms with van der Waals surface area (Å²) in [5.74, 6) is 0.380. The molecule has 8 heteroatoms. The van der Waals surface area contributed by atoms with E-state index in [4.69, 9.17) is 13.9 Å². The molecular weight excluding hydrogens is 416 g/mol. The van der Waals surface area contributed by atoms with E-state index in [1.807, 2.05) is 47.2 Å². The molecule has 1 unspecified atom stereocenters. The van der Waals surface area contributed by atoms with Gasteiger partial charge in [-0.2, -0.15) is 11.3 Å². The lowest BCUT2D eigenvalue weighted by molar-refractivity contribution is -0.163. The standard InChI is InChI=1S/C23H24N2O5S/c1-16-19(24-21(30-16)18-8-11-31-14-18)12-20(26)25(13-17-6-4-3-5-7-17)23(22(27)28-2)9-10-29-15-23/h3-8,11,14H,9-10,12-13,15H2,1-2H3.